The smallest absolute Gasteiger partial charge is 0.144 e. The molecule has 2 aromatic rings. The van der Waals surface area contributed by atoms with Crippen molar-refractivity contribution in [2.24, 2.45) is 4.40 Å². The fourth-order valence-corrected chi connectivity index (χ4v) is 3.04. The fourth-order valence-electron chi connectivity index (χ4n) is 2.02. The van der Waals surface area contributed by atoms with E-state index in [4.69, 9.17) is 0 Å². The molecule has 0 amide bonds. The number of aromatic nitrogens is 2. The van der Waals surface area contributed by atoms with Crippen LogP contribution >= 0.6 is 15.9 Å². The van der Waals surface area contributed by atoms with Crippen LogP contribution in [0, 0.1) is 5.82 Å². The lowest BCUT2D eigenvalue weighted by Gasteiger charge is -2.12. The topological polar surface area (TPSA) is 47.2 Å². The highest BCUT2D eigenvalue weighted by molar-refractivity contribution is 9.10. The highest BCUT2D eigenvalue weighted by Crippen LogP contribution is 2.22. The zero-order chi connectivity index (χ0) is 17.7. The summed E-state index contributed by atoms with van der Waals surface area (Å²) in [7, 11) is -1.21. The zero-order valence-electron chi connectivity index (χ0n) is 14.0. The van der Waals surface area contributed by atoms with Crippen molar-refractivity contribution >= 4 is 33.1 Å². The van der Waals surface area contributed by atoms with Gasteiger partial charge in [-0.1, -0.05) is 0 Å². The second-order valence-electron chi connectivity index (χ2n) is 6.37. The van der Waals surface area contributed by atoms with E-state index in [2.05, 4.69) is 25.4 Å². The summed E-state index contributed by atoms with van der Waals surface area (Å²) in [5.74, 6) is -0.269. The Balaban J connectivity index is 1.99. The number of hydrogen-bond donors (Lipinski definition) is 0. The summed E-state index contributed by atoms with van der Waals surface area (Å²) in [6, 6.07) is 6.24. The van der Waals surface area contributed by atoms with E-state index in [0.717, 1.165) is 35.1 Å². The van der Waals surface area contributed by atoms with Crippen molar-refractivity contribution in [1.82, 2.24) is 9.78 Å². The second-order valence-corrected chi connectivity index (χ2v) is 9.16. The molecule has 1 aromatic heterocycles. The highest BCUT2D eigenvalue weighted by atomic mass is 79.9. The van der Waals surface area contributed by atoms with Crippen LogP contribution in [0.25, 0.3) is 5.69 Å². The average molecular weight is 414 g/mol. The van der Waals surface area contributed by atoms with Crippen molar-refractivity contribution in [2.75, 3.05) is 0 Å². The first-order valence-corrected chi connectivity index (χ1v) is 9.62. The molecule has 0 unspecified atom stereocenters. The Bertz CT molecular complexity index is 735. The molecule has 1 aromatic carbocycles. The molecule has 0 fully saturated rings. The molecular formula is C17H21BrFN3OS. The molecule has 4 nitrogen and oxygen atoms in total. The molecule has 24 heavy (non-hydrogen) atoms. The number of nitrogens with zero attached hydrogens (tertiary/aromatic N) is 3. The Labute approximate surface area is 152 Å². The Hall–Kier alpha value is -1.34. The van der Waals surface area contributed by atoms with E-state index in [1.165, 1.54) is 12.1 Å². The van der Waals surface area contributed by atoms with Crippen molar-refractivity contribution in [3.05, 3.63) is 46.4 Å². The van der Waals surface area contributed by atoms with E-state index >= 15 is 0 Å². The lowest BCUT2D eigenvalue weighted by Crippen LogP contribution is -2.19. The van der Waals surface area contributed by atoms with Crippen LogP contribution in [0.15, 0.2) is 39.3 Å². The van der Waals surface area contributed by atoms with E-state index in [1.807, 2.05) is 20.8 Å². The van der Waals surface area contributed by atoms with Gasteiger partial charge in [-0.2, -0.15) is 9.50 Å². The maximum absolute atomic E-state index is 13.1. The monoisotopic (exact) mass is 413 g/mol. The van der Waals surface area contributed by atoms with Gasteiger partial charge in [0.2, 0.25) is 0 Å². The Morgan fingerprint density at radius 3 is 2.62 bits per heavy atom. The van der Waals surface area contributed by atoms with Crippen molar-refractivity contribution in [3.8, 4) is 5.69 Å². The van der Waals surface area contributed by atoms with Crippen molar-refractivity contribution in [3.63, 3.8) is 0 Å². The summed E-state index contributed by atoms with van der Waals surface area (Å²) >= 11 is 3.51. The third-order valence-corrected chi connectivity index (χ3v) is 5.38. The summed E-state index contributed by atoms with van der Waals surface area (Å²) in [6.07, 6.45) is 5.85. The van der Waals surface area contributed by atoms with Crippen molar-refractivity contribution in [2.45, 2.75) is 44.8 Å². The number of hydrogen-bond acceptors (Lipinski definition) is 2. The third-order valence-electron chi connectivity index (χ3n) is 3.33. The van der Waals surface area contributed by atoms with Crippen LogP contribution in [-0.4, -0.2) is 25.0 Å². The van der Waals surface area contributed by atoms with Crippen LogP contribution in [0.4, 0.5) is 4.39 Å². The lowest BCUT2D eigenvalue weighted by molar-refractivity contribution is 0.626. The van der Waals surface area contributed by atoms with Gasteiger partial charge in [-0.15, -0.1) is 0 Å². The molecule has 0 N–H and O–H groups in total. The van der Waals surface area contributed by atoms with Gasteiger partial charge in [0.25, 0.3) is 0 Å². The molecule has 0 saturated heterocycles. The SMILES string of the molecule is CC(C)(C)[S@@](=O)/N=C/CCCc1c(Br)cnn1-c1ccc(F)cc1. The maximum Gasteiger partial charge on any atom is 0.144 e. The van der Waals surface area contributed by atoms with Gasteiger partial charge in [-0.25, -0.2) is 13.3 Å². The molecule has 0 saturated carbocycles. The number of rotatable bonds is 6. The zero-order valence-corrected chi connectivity index (χ0v) is 16.4. The van der Waals surface area contributed by atoms with Gasteiger partial charge in [0, 0.05) is 6.21 Å². The van der Waals surface area contributed by atoms with Crippen LogP contribution in [0.3, 0.4) is 0 Å². The van der Waals surface area contributed by atoms with Gasteiger partial charge in [0.15, 0.2) is 0 Å². The quantitative estimate of drug-likeness (QED) is 0.511. The van der Waals surface area contributed by atoms with E-state index < -0.39 is 11.0 Å². The summed E-state index contributed by atoms with van der Waals surface area (Å²) in [6.45, 7) is 5.70. The molecule has 130 valence electrons. The average Bonchev–Trinajstić information content (AvgIpc) is 2.88. The predicted octanol–water partition coefficient (Wildman–Crippen LogP) is 4.63. The van der Waals surface area contributed by atoms with E-state index in [-0.39, 0.29) is 10.6 Å². The molecule has 2 rings (SSSR count). The summed E-state index contributed by atoms with van der Waals surface area (Å²) in [5.41, 5.74) is 1.84. The molecular weight excluding hydrogens is 393 g/mol. The first-order valence-electron chi connectivity index (χ1n) is 7.72. The fraction of sp³-hybridized carbons (Fsp3) is 0.412. The first kappa shape index (κ1) is 19.0. The van der Waals surface area contributed by atoms with Gasteiger partial charge in [0.05, 0.1) is 26.8 Å². The summed E-state index contributed by atoms with van der Waals surface area (Å²) in [5, 5.41) is 4.34. The minimum Gasteiger partial charge on any atom is -0.237 e. The van der Waals surface area contributed by atoms with Gasteiger partial charge >= 0.3 is 0 Å². The van der Waals surface area contributed by atoms with Gasteiger partial charge in [0.1, 0.15) is 16.8 Å². The number of benzene rings is 1. The van der Waals surface area contributed by atoms with Crippen LogP contribution in [0.1, 0.15) is 39.3 Å². The summed E-state index contributed by atoms with van der Waals surface area (Å²) < 4.78 is 31.4. The molecule has 0 aliphatic rings. The van der Waals surface area contributed by atoms with Crippen LogP contribution < -0.4 is 0 Å². The van der Waals surface area contributed by atoms with Crippen molar-refractivity contribution in [1.29, 1.82) is 0 Å². The second kappa shape index (κ2) is 8.16. The summed E-state index contributed by atoms with van der Waals surface area (Å²) in [4.78, 5) is 0. The third kappa shape index (κ3) is 5.08. The normalized spacial score (nSPS) is 13.5. The van der Waals surface area contributed by atoms with Gasteiger partial charge in [-0.05, 0) is 80.2 Å². The van der Waals surface area contributed by atoms with Gasteiger partial charge in [-0.3, -0.25) is 0 Å². The Morgan fingerprint density at radius 2 is 2.00 bits per heavy atom. The largest absolute Gasteiger partial charge is 0.237 e. The van der Waals surface area contributed by atoms with Crippen molar-refractivity contribution < 1.29 is 8.60 Å². The molecule has 0 spiro atoms. The Morgan fingerprint density at radius 1 is 1.33 bits per heavy atom. The molecule has 0 aliphatic carbocycles. The molecule has 0 aliphatic heterocycles. The predicted molar refractivity (Wildman–Crippen MR) is 101 cm³/mol. The van der Waals surface area contributed by atoms with Crippen LogP contribution in [0.2, 0.25) is 0 Å². The lowest BCUT2D eigenvalue weighted by atomic mass is 10.2. The van der Waals surface area contributed by atoms with E-state index in [9.17, 15) is 8.60 Å². The first-order chi connectivity index (χ1) is 11.3. The number of unbranched alkanes of at least 4 members (excludes halogenated alkanes) is 1. The molecule has 7 heteroatoms. The Kier molecular flexibility index (Phi) is 6.46. The van der Waals surface area contributed by atoms with E-state index in [0.29, 0.717) is 0 Å². The molecule has 1 heterocycles. The maximum atomic E-state index is 13.1. The minimum atomic E-state index is -1.21. The molecule has 0 bridgehead atoms. The standard InChI is InChI=1S/C17H21BrFN3OS/c1-17(2,3)24(23)21-11-5-4-6-16-15(18)12-20-22(16)14-9-7-13(19)8-10-14/h7-12H,4-6H2,1-3H3/b21-11+/t24-/m1/s1. The van der Waals surface area contributed by atoms with Crippen LogP contribution in [0.5, 0.6) is 0 Å². The van der Waals surface area contributed by atoms with Gasteiger partial charge < -0.3 is 0 Å². The molecule has 0 radical (unpaired) electrons. The van der Waals surface area contributed by atoms with E-state index in [1.54, 1.807) is 29.2 Å². The minimum absolute atomic E-state index is 0.269. The highest BCUT2D eigenvalue weighted by Gasteiger charge is 2.18. The number of halogens is 2. The molecule has 1 atom stereocenters. The van der Waals surface area contributed by atoms with Crippen LogP contribution in [-0.2, 0) is 17.4 Å².